The van der Waals surface area contributed by atoms with Crippen LogP contribution >= 0.6 is 47.8 Å². The van der Waals surface area contributed by atoms with E-state index in [2.05, 4.69) is 54.7 Å². The first-order valence-electron chi connectivity index (χ1n) is 2.02. The van der Waals surface area contributed by atoms with Crippen LogP contribution in [0.3, 0.4) is 0 Å². The van der Waals surface area contributed by atoms with Crippen molar-refractivity contribution < 1.29 is 0 Å². The quantitative estimate of drug-likeness (QED) is 0.687. The maximum absolute atomic E-state index is 3.39. The summed E-state index contributed by atoms with van der Waals surface area (Å²) in [6.07, 6.45) is 0. The molecule has 0 saturated carbocycles. The molecule has 1 unspecified atom stereocenters. The molecule has 0 amide bonds. The number of alkyl halides is 3. The van der Waals surface area contributed by atoms with E-state index in [4.69, 9.17) is 0 Å². The van der Waals surface area contributed by atoms with E-state index in [0.717, 1.165) is 5.33 Å². The molecule has 44 valence electrons. The van der Waals surface area contributed by atoms with Crippen LogP contribution in [0, 0.1) is 5.92 Å². The number of rotatable bonds is 2. The zero-order valence-corrected chi connectivity index (χ0v) is 8.75. The molecule has 0 bridgehead atoms. The Morgan fingerprint density at radius 2 is 1.86 bits per heavy atom. The smallest absolute Gasteiger partial charge is 0.0731 e. The number of hydrogen-bond acceptors (Lipinski definition) is 0. The highest BCUT2D eigenvalue weighted by Crippen LogP contribution is 2.20. The zero-order valence-electron chi connectivity index (χ0n) is 4.00. The van der Waals surface area contributed by atoms with Gasteiger partial charge in [-0.15, -0.1) is 0 Å². The van der Waals surface area contributed by atoms with E-state index in [1.807, 2.05) is 0 Å². The third kappa shape index (κ3) is 3.98. The van der Waals surface area contributed by atoms with E-state index >= 15 is 0 Å². The third-order valence-corrected chi connectivity index (χ3v) is 3.50. The highest BCUT2D eigenvalue weighted by Gasteiger charge is 2.06. The summed E-state index contributed by atoms with van der Waals surface area (Å²) in [4.78, 5) is 0. The van der Waals surface area contributed by atoms with Crippen LogP contribution in [-0.4, -0.2) is 9.07 Å². The van der Waals surface area contributed by atoms with Gasteiger partial charge in [0.2, 0.25) is 0 Å². The molecule has 0 aliphatic heterocycles. The third-order valence-electron chi connectivity index (χ3n) is 0.674. The fourth-order valence-electron chi connectivity index (χ4n) is 0.0673. The average Bonchev–Trinajstić information content (AvgIpc) is 1.65. The van der Waals surface area contributed by atoms with Crippen molar-refractivity contribution in [3.63, 3.8) is 0 Å². The van der Waals surface area contributed by atoms with Crippen LogP contribution in [0.2, 0.25) is 0 Å². The van der Waals surface area contributed by atoms with Crippen LogP contribution in [0.4, 0.5) is 0 Å². The van der Waals surface area contributed by atoms with Gasteiger partial charge in [-0.25, -0.2) is 0 Å². The Labute approximate surface area is 69.4 Å². The van der Waals surface area contributed by atoms with Crippen LogP contribution in [0.15, 0.2) is 0 Å². The Morgan fingerprint density at radius 3 is 1.86 bits per heavy atom. The molecule has 0 aliphatic carbocycles. The maximum atomic E-state index is 3.39. The Hall–Kier alpha value is 1.44. The molecule has 0 nitrogen and oxygen atoms in total. The molecule has 1 atom stereocenters. The zero-order chi connectivity index (χ0) is 5.86. The molecule has 0 heterocycles. The van der Waals surface area contributed by atoms with Gasteiger partial charge < -0.3 is 0 Å². The van der Waals surface area contributed by atoms with Crippen LogP contribution in [-0.2, 0) is 0 Å². The second-order valence-electron chi connectivity index (χ2n) is 1.47. The lowest BCUT2D eigenvalue weighted by atomic mass is 10.3. The molecule has 0 fully saturated rings. The van der Waals surface area contributed by atoms with E-state index in [-0.39, 0.29) is 0 Å². The van der Waals surface area contributed by atoms with Crippen molar-refractivity contribution in [2.75, 3.05) is 5.33 Å². The van der Waals surface area contributed by atoms with Crippen molar-refractivity contribution in [2.24, 2.45) is 5.92 Å². The minimum absolute atomic E-state index is 0.444. The highest BCUT2D eigenvalue weighted by molar-refractivity contribution is 9.24. The second kappa shape index (κ2) is 4.33. The van der Waals surface area contributed by atoms with Gasteiger partial charge in [0.15, 0.2) is 0 Å². The molecule has 7 heavy (non-hydrogen) atoms. The summed E-state index contributed by atoms with van der Waals surface area (Å²) in [7, 11) is 0. The Kier molecular flexibility index (Phi) is 5.22. The lowest BCUT2D eigenvalue weighted by Gasteiger charge is -2.05. The fourth-order valence-corrected chi connectivity index (χ4v) is 1.82. The summed E-state index contributed by atoms with van der Waals surface area (Å²) < 4.78 is 0.444. The van der Waals surface area contributed by atoms with Gasteiger partial charge in [0.05, 0.1) is 3.74 Å². The van der Waals surface area contributed by atoms with Gasteiger partial charge in [0.25, 0.3) is 0 Å². The molecule has 3 heteroatoms. The monoisotopic (exact) mass is 292 g/mol. The SMILES string of the molecule is CC(CBr)C(Br)Br. The highest BCUT2D eigenvalue weighted by atomic mass is 79.9. The van der Waals surface area contributed by atoms with Gasteiger partial charge in [0, 0.05) is 5.33 Å². The molecule has 0 N–H and O–H groups in total. The van der Waals surface area contributed by atoms with Crippen molar-refractivity contribution in [3.8, 4) is 0 Å². The lowest BCUT2D eigenvalue weighted by molar-refractivity contribution is 0.753. The van der Waals surface area contributed by atoms with Crippen LogP contribution in [0.1, 0.15) is 6.92 Å². The van der Waals surface area contributed by atoms with E-state index in [0.29, 0.717) is 9.65 Å². The summed E-state index contributed by atoms with van der Waals surface area (Å²) >= 11 is 10.1. The average molecular weight is 295 g/mol. The minimum atomic E-state index is 0.444. The van der Waals surface area contributed by atoms with Crippen molar-refractivity contribution >= 4 is 47.8 Å². The molecular formula is C4H7Br3. The molecule has 0 spiro atoms. The predicted molar refractivity (Wildman–Crippen MR) is 44.6 cm³/mol. The van der Waals surface area contributed by atoms with Gasteiger partial charge >= 0.3 is 0 Å². The molecule has 0 aliphatic rings. The first-order valence-corrected chi connectivity index (χ1v) is 4.98. The Morgan fingerprint density at radius 1 is 1.43 bits per heavy atom. The molecule has 0 aromatic carbocycles. The van der Waals surface area contributed by atoms with Crippen LogP contribution in [0.25, 0.3) is 0 Å². The fraction of sp³-hybridized carbons (Fsp3) is 1.00. The normalized spacial score (nSPS) is 15.0. The van der Waals surface area contributed by atoms with E-state index in [1.54, 1.807) is 0 Å². The van der Waals surface area contributed by atoms with Crippen molar-refractivity contribution in [3.05, 3.63) is 0 Å². The van der Waals surface area contributed by atoms with Crippen molar-refractivity contribution in [2.45, 2.75) is 10.7 Å². The van der Waals surface area contributed by atoms with E-state index < -0.39 is 0 Å². The van der Waals surface area contributed by atoms with E-state index in [1.165, 1.54) is 0 Å². The minimum Gasteiger partial charge on any atom is -0.0924 e. The standard InChI is InChI=1S/C4H7Br3/c1-3(2-5)4(6)7/h3-4H,2H2,1H3. The Balaban J connectivity index is 3.14. The maximum Gasteiger partial charge on any atom is 0.0731 e. The summed E-state index contributed by atoms with van der Waals surface area (Å²) in [5, 5.41) is 1.04. The van der Waals surface area contributed by atoms with Crippen molar-refractivity contribution in [1.82, 2.24) is 0 Å². The first kappa shape index (κ1) is 8.44. The molecule has 0 saturated heterocycles. The lowest BCUT2D eigenvalue weighted by Crippen LogP contribution is -2.03. The van der Waals surface area contributed by atoms with Crippen LogP contribution < -0.4 is 0 Å². The molecule has 0 radical (unpaired) electrons. The molecule has 0 aromatic rings. The topological polar surface area (TPSA) is 0 Å². The summed E-state index contributed by atoms with van der Waals surface area (Å²) in [5.74, 6) is 0.653. The van der Waals surface area contributed by atoms with Crippen molar-refractivity contribution in [1.29, 1.82) is 0 Å². The molecule has 0 rings (SSSR count). The summed E-state index contributed by atoms with van der Waals surface area (Å²) in [5.41, 5.74) is 0. The largest absolute Gasteiger partial charge is 0.0924 e. The molecular weight excluding hydrogens is 288 g/mol. The summed E-state index contributed by atoms with van der Waals surface area (Å²) in [6.45, 7) is 2.16. The second-order valence-corrected chi connectivity index (χ2v) is 5.32. The number of hydrogen-bond donors (Lipinski definition) is 0. The van der Waals surface area contributed by atoms with Crippen LogP contribution in [0.5, 0.6) is 0 Å². The first-order chi connectivity index (χ1) is 3.18. The van der Waals surface area contributed by atoms with Gasteiger partial charge in [0.1, 0.15) is 0 Å². The number of halogens is 3. The van der Waals surface area contributed by atoms with E-state index in [9.17, 15) is 0 Å². The van der Waals surface area contributed by atoms with Gasteiger partial charge in [-0.05, 0) is 5.92 Å². The van der Waals surface area contributed by atoms with Gasteiger partial charge in [-0.3, -0.25) is 0 Å². The van der Waals surface area contributed by atoms with Gasteiger partial charge in [-0.1, -0.05) is 54.7 Å². The Bertz CT molecular complexity index is 44.2. The van der Waals surface area contributed by atoms with Gasteiger partial charge in [-0.2, -0.15) is 0 Å². The summed E-state index contributed by atoms with van der Waals surface area (Å²) in [6, 6.07) is 0. The predicted octanol–water partition coefficient (Wildman–Crippen LogP) is 3.13. The molecule has 0 aromatic heterocycles.